The molecule has 0 saturated carbocycles. The third-order valence-electron chi connectivity index (χ3n) is 1.46. The van der Waals surface area contributed by atoms with Gasteiger partial charge in [0.15, 0.2) is 0 Å². The zero-order chi connectivity index (χ0) is 8.97. The maximum atomic E-state index is 5.37. The van der Waals surface area contributed by atoms with Crippen LogP contribution in [0.5, 0.6) is 5.75 Å². The monoisotopic (exact) mass is 265 g/mol. The van der Waals surface area contributed by atoms with Crippen LogP contribution in [-0.2, 0) is 0 Å². The number of rotatable bonds is 3. The van der Waals surface area contributed by atoms with Crippen molar-refractivity contribution in [2.75, 3.05) is 13.2 Å². The zero-order valence-electron chi connectivity index (χ0n) is 7.42. The molecule has 0 fully saturated rings. The Morgan fingerprint density at radius 2 is 2.15 bits per heavy atom. The summed E-state index contributed by atoms with van der Waals surface area (Å²) in [6.07, 6.45) is 0. The minimum absolute atomic E-state index is 0. The highest BCUT2D eigenvalue weighted by Crippen LogP contribution is 2.25. The van der Waals surface area contributed by atoms with Gasteiger partial charge in [0, 0.05) is 6.54 Å². The molecule has 0 heterocycles. The molecule has 2 N–H and O–H groups in total. The molecule has 13 heavy (non-hydrogen) atoms. The molecular formula is C9H13BrClNO. The van der Waals surface area contributed by atoms with E-state index in [1.54, 1.807) is 0 Å². The van der Waals surface area contributed by atoms with Crippen LogP contribution in [0.2, 0.25) is 0 Å². The van der Waals surface area contributed by atoms with Crippen LogP contribution in [0.15, 0.2) is 22.7 Å². The maximum absolute atomic E-state index is 5.37. The number of aryl methyl sites for hydroxylation is 1. The number of ether oxygens (including phenoxy) is 1. The lowest BCUT2D eigenvalue weighted by Gasteiger charge is -2.06. The third-order valence-corrected chi connectivity index (χ3v) is 2.08. The fourth-order valence-corrected chi connectivity index (χ4v) is 1.50. The topological polar surface area (TPSA) is 35.2 Å². The van der Waals surface area contributed by atoms with Gasteiger partial charge in [0.25, 0.3) is 0 Å². The van der Waals surface area contributed by atoms with E-state index in [0.717, 1.165) is 10.2 Å². The van der Waals surface area contributed by atoms with Gasteiger partial charge in [-0.3, -0.25) is 0 Å². The quantitative estimate of drug-likeness (QED) is 0.912. The Balaban J connectivity index is 0.00000144. The average Bonchev–Trinajstić information content (AvgIpc) is 2.03. The van der Waals surface area contributed by atoms with Gasteiger partial charge in [0.05, 0.1) is 4.47 Å². The molecule has 1 aromatic rings. The maximum Gasteiger partial charge on any atom is 0.133 e. The SMILES string of the molecule is Cc1ccc(OCCN)c(Br)c1.Cl. The second-order valence-corrected chi connectivity index (χ2v) is 3.43. The van der Waals surface area contributed by atoms with E-state index in [9.17, 15) is 0 Å². The fourth-order valence-electron chi connectivity index (χ4n) is 0.892. The zero-order valence-corrected chi connectivity index (χ0v) is 9.82. The Morgan fingerprint density at radius 3 is 2.69 bits per heavy atom. The molecule has 0 aromatic heterocycles. The minimum Gasteiger partial charge on any atom is -0.491 e. The molecule has 0 aliphatic heterocycles. The Hall–Kier alpha value is -0.250. The first-order valence-electron chi connectivity index (χ1n) is 3.83. The normalized spacial score (nSPS) is 9.15. The van der Waals surface area contributed by atoms with Crippen LogP contribution in [0.25, 0.3) is 0 Å². The van der Waals surface area contributed by atoms with Gasteiger partial charge in [0.1, 0.15) is 12.4 Å². The second kappa shape index (κ2) is 6.24. The van der Waals surface area contributed by atoms with E-state index < -0.39 is 0 Å². The molecule has 0 bridgehead atoms. The van der Waals surface area contributed by atoms with E-state index in [1.165, 1.54) is 5.56 Å². The first kappa shape index (κ1) is 12.8. The largest absolute Gasteiger partial charge is 0.491 e. The summed E-state index contributed by atoms with van der Waals surface area (Å²) in [7, 11) is 0. The molecule has 0 atom stereocenters. The molecule has 0 unspecified atom stereocenters. The standard InChI is InChI=1S/C9H12BrNO.ClH/c1-7-2-3-9(8(10)6-7)12-5-4-11;/h2-3,6H,4-5,11H2,1H3;1H. The number of hydrogen-bond acceptors (Lipinski definition) is 2. The summed E-state index contributed by atoms with van der Waals surface area (Å²) in [4.78, 5) is 0. The van der Waals surface area contributed by atoms with E-state index in [-0.39, 0.29) is 12.4 Å². The lowest BCUT2D eigenvalue weighted by atomic mass is 10.2. The first-order chi connectivity index (χ1) is 5.74. The molecule has 0 aliphatic rings. The number of nitrogens with two attached hydrogens (primary N) is 1. The van der Waals surface area contributed by atoms with Gasteiger partial charge < -0.3 is 10.5 Å². The van der Waals surface area contributed by atoms with Crippen molar-refractivity contribution in [2.45, 2.75) is 6.92 Å². The lowest BCUT2D eigenvalue weighted by molar-refractivity contribution is 0.326. The minimum atomic E-state index is 0. The summed E-state index contributed by atoms with van der Waals surface area (Å²) >= 11 is 3.41. The van der Waals surface area contributed by atoms with Crippen LogP contribution in [0.1, 0.15) is 5.56 Å². The summed E-state index contributed by atoms with van der Waals surface area (Å²) in [6.45, 7) is 3.14. The van der Waals surface area contributed by atoms with Gasteiger partial charge in [-0.25, -0.2) is 0 Å². The van der Waals surface area contributed by atoms with Crippen molar-refractivity contribution >= 4 is 28.3 Å². The van der Waals surface area contributed by atoms with Gasteiger partial charge in [-0.2, -0.15) is 0 Å². The van der Waals surface area contributed by atoms with E-state index in [1.807, 2.05) is 25.1 Å². The van der Waals surface area contributed by atoms with Crippen LogP contribution in [0.4, 0.5) is 0 Å². The molecule has 0 amide bonds. The van der Waals surface area contributed by atoms with Gasteiger partial charge >= 0.3 is 0 Å². The second-order valence-electron chi connectivity index (χ2n) is 2.57. The number of hydrogen-bond donors (Lipinski definition) is 1. The Bertz CT molecular complexity index is 268. The Kier molecular flexibility index (Phi) is 6.12. The van der Waals surface area contributed by atoms with Gasteiger partial charge in [-0.1, -0.05) is 6.07 Å². The molecule has 0 aliphatic carbocycles. The molecule has 74 valence electrons. The summed E-state index contributed by atoms with van der Waals surface area (Å²) in [5.41, 5.74) is 6.53. The Morgan fingerprint density at radius 1 is 1.46 bits per heavy atom. The van der Waals surface area contributed by atoms with Crippen molar-refractivity contribution in [2.24, 2.45) is 5.73 Å². The lowest BCUT2D eigenvalue weighted by Crippen LogP contribution is -2.10. The van der Waals surface area contributed by atoms with Gasteiger partial charge in [0.2, 0.25) is 0 Å². The van der Waals surface area contributed by atoms with E-state index in [0.29, 0.717) is 13.2 Å². The van der Waals surface area contributed by atoms with Crippen molar-refractivity contribution in [1.29, 1.82) is 0 Å². The highest BCUT2D eigenvalue weighted by molar-refractivity contribution is 9.10. The summed E-state index contributed by atoms with van der Waals surface area (Å²) in [5, 5.41) is 0. The highest BCUT2D eigenvalue weighted by atomic mass is 79.9. The van der Waals surface area contributed by atoms with Crippen LogP contribution in [0, 0.1) is 6.92 Å². The van der Waals surface area contributed by atoms with Crippen molar-refractivity contribution in [1.82, 2.24) is 0 Å². The predicted molar refractivity (Wildman–Crippen MR) is 60.7 cm³/mol. The molecule has 0 radical (unpaired) electrons. The van der Waals surface area contributed by atoms with Crippen molar-refractivity contribution < 1.29 is 4.74 Å². The van der Waals surface area contributed by atoms with E-state index >= 15 is 0 Å². The molecule has 1 rings (SSSR count). The number of halogens is 2. The van der Waals surface area contributed by atoms with Crippen LogP contribution in [0.3, 0.4) is 0 Å². The molecule has 0 saturated heterocycles. The molecule has 4 heteroatoms. The molecule has 1 aromatic carbocycles. The number of benzene rings is 1. The predicted octanol–water partition coefficient (Wildman–Crippen LogP) is 2.52. The van der Waals surface area contributed by atoms with E-state index in [4.69, 9.17) is 10.5 Å². The van der Waals surface area contributed by atoms with Crippen molar-refractivity contribution in [3.63, 3.8) is 0 Å². The van der Waals surface area contributed by atoms with E-state index in [2.05, 4.69) is 15.9 Å². The fraction of sp³-hybridized carbons (Fsp3) is 0.333. The van der Waals surface area contributed by atoms with Crippen LogP contribution in [-0.4, -0.2) is 13.2 Å². The summed E-state index contributed by atoms with van der Waals surface area (Å²) < 4.78 is 6.35. The first-order valence-corrected chi connectivity index (χ1v) is 4.62. The summed E-state index contributed by atoms with van der Waals surface area (Å²) in [5.74, 6) is 0.853. The third kappa shape index (κ3) is 3.98. The average molecular weight is 267 g/mol. The molecule has 2 nitrogen and oxygen atoms in total. The smallest absolute Gasteiger partial charge is 0.133 e. The molecular weight excluding hydrogens is 253 g/mol. The van der Waals surface area contributed by atoms with Crippen LogP contribution < -0.4 is 10.5 Å². The van der Waals surface area contributed by atoms with Crippen molar-refractivity contribution in [3.05, 3.63) is 28.2 Å². The Labute approximate surface area is 93.0 Å². The van der Waals surface area contributed by atoms with Crippen molar-refractivity contribution in [3.8, 4) is 5.75 Å². The highest BCUT2D eigenvalue weighted by Gasteiger charge is 1.99. The van der Waals surface area contributed by atoms with Gasteiger partial charge in [-0.15, -0.1) is 12.4 Å². The molecule has 0 spiro atoms. The van der Waals surface area contributed by atoms with Gasteiger partial charge in [-0.05, 0) is 40.5 Å². The van der Waals surface area contributed by atoms with Crippen LogP contribution >= 0.6 is 28.3 Å². The summed E-state index contributed by atoms with van der Waals surface area (Å²) in [6, 6.07) is 5.97.